The molecule has 1 nitrogen and oxygen atoms in total. The number of hydrogen-bond acceptors (Lipinski definition) is 2. The van der Waals surface area contributed by atoms with Gasteiger partial charge >= 0.3 is 0 Å². The van der Waals surface area contributed by atoms with E-state index in [0.29, 0.717) is 11.4 Å². The van der Waals surface area contributed by atoms with Crippen LogP contribution in [0.5, 0.6) is 0 Å². The van der Waals surface area contributed by atoms with Gasteiger partial charge in [0.1, 0.15) is 0 Å². The van der Waals surface area contributed by atoms with E-state index in [1.165, 1.54) is 11.3 Å². The molecule has 0 aliphatic carbocycles. The molecule has 1 aromatic heterocycles. The van der Waals surface area contributed by atoms with Crippen molar-refractivity contribution in [3.05, 3.63) is 21.3 Å². The SMILES string of the molecule is N[C@H](CCF)c1sccc1Cl. The van der Waals surface area contributed by atoms with Crippen LogP contribution in [0.15, 0.2) is 11.4 Å². The predicted molar refractivity (Wildman–Crippen MR) is 46.8 cm³/mol. The van der Waals surface area contributed by atoms with Crippen molar-refractivity contribution in [1.29, 1.82) is 0 Å². The summed E-state index contributed by atoms with van der Waals surface area (Å²) in [6, 6.07) is 1.53. The minimum absolute atomic E-state index is 0.243. The van der Waals surface area contributed by atoms with Gasteiger partial charge in [-0.15, -0.1) is 11.3 Å². The summed E-state index contributed by atoms with van der Waals surface area (Å²) in [7, 11) is 0. The lowest BCUT2D eigenvalue weighted by atomic mass is 10.2. The number of hydrogen-bond donors (Lipinski definition) is 1. The minimum atomic E-state index is -0.393. The average Bonchev–Trinajstić information content (AvgIpc) is 2.36. The van der Waals surface area contributed by atoms with Crippen LogP contribution < -0.4 is 5.73 Å². The van der Waals surface area contributed by atoms with Crippen LogP contribution in [0.2, 0.25) is 5.02 Å². The Bertz CT molecular complexity index is 226. The number of thiophene rings is 1. The van der Waals surface area contributed by atoms with Crippen molar-refractivity contribution in [2.75, 3.05) is 6.67 Å². The molecular formula is C7H9ClFNS. The van der Waals surface area contributed by atoms with E-state index in [9.17, 15) is 4.39 Å². The summed E-state index contributed by atoms with van der Waals surface area (Å²) in [5.74, 6) is 0. The minimum Gasteiger partial charge on any atom is -0.323 e. The quantitative estimate of drug-likeness (QED) is 0.785. The van der Waals surface area contributed by atoms with E-state index in [0.717, 1.165) is 4.88 Å². The molecule has 11 heavy (non-hydrogen) atoms. The van der Waals surface area contributed by atoms with Crippen LogP contribution in [0.1, 0.15) is 17.3 Å². The summed E-state index contributed by atoms with van der Waals surface area (Å²) in [5.41, 5.74) is 5.64. The molecule has 0 fully saturated rings. The molecule has 0 unspecified atom stereocenters. The lowest BCUT2D eigenvalue weighted by Gasteiger charge is -2.06. The second-order valence-electron chi connectivity index (χ2n) is 2.22. The fourth-order valence-electron chi connectivity index (χ4n) is 0.819. The van der Waals surface area contributed by atoms with E-state index in [2.05, 4.69) is 0 Å². The Morgan fingerprint density at radius 3 is 2.91 bits per heavy atom. The van der Waals surface area contributed by atoms with Gasteiger partial charge in [0, 0.05) is 10.9 Å². The molecule has 62 valence electrons. The first-order valence-corrected chi connectivity index (χ1v) is 4.56. The van der Waals surface area contributed by atoms with Crippen LogP contribution >= 0.6 is 22.9 Å². The van der Waals surface area contributed by atoms with Gasteiger partial charge in [-0.25, -0.2) is 0 Å². The molecule has 4 heteroatoms. The van der Waals surface area contributed by atoms with Crippen molar-refractivity contribution < 1.29 is 4.39 Å². The number of halogens is 2. The summed E-state index contributed by atoms with van der Waals surface area (Å²) in [6.45, 7) is -0.393. The second-order valence-corrected chi connectivity index (χ2v) is 3.57. The maximum atomic E-state index is 11.8. The molecule has 0 aliphatic heterocycles. The Hall–Kier alpha value is -0.120. The highest BCUT2D eigenvalue weighted by atomic mass is 35.5. The van der Waals surface area contributed by atoms with Crippen molar-refractivity contribution in [2.45, 2.75) is 12.5 Å². The van der Waals surface area contributed by atoms with Gasteiger partial charge in [0.2, 0.25) is 0 Å². The van der Waals surface area contributed by atoms with Crippen LogP contribution in [0.25, 0.3) is 0 Å². The highest BCUT2D eigenvalue weighted by Gasteiger charge is 2.10. The van der Waals surface area contributed by atoms with Crippen molar-refractivity contribution in [2.24, 2.45) is 5.73 Å². The summed E-state index contributed by atoms with van der Waals surface area (Å²) < 4.78 is 11.8. The van der Waals surface area contributed by atoms with Gasteiger partial charge in [0.15, 0.2) is 0 Å². The monoisotopic (exact) mass is 193 g/mol. The van der Waals surface area contributed by atoms with Crippen LogP contribution in [-0.4, -0.2) is 6.67 Å². The van der Waals surface area contributed by atoms with Crippen molar-refractivity contribution in [3.63, 3.8) is 0 Å². The van der Waals surface area contributed by atoms with Crippen LogP contribution in [0, 0.1) is 0 Å². The molecule has 0 saturated carbocycles. The normalized spacial score (nSPS) is 13.4. The Labute approximate surface area is 74.0 Å². The van der Waals surface area contributed by atoms with Gasteiger partial charge < -0.3 is 5.73 Å². The zero-order valence-corrected chi connectivity index (χ0v) is 7.46. The number of nitrogens with two attached hydrogens (primary N) is 1. The number of alkyl halides is 1. The van der Waals surface area contributed by atoms with Gasteiger partial charge in [-0.3, -0.25) is 4.39 Å². The Balaban J connectivity index is 2.67. The van der Waals surface area contributed by atoms with Crippen LogP contribution in [0.4, 0.5) is 4.39 Å². The third-order valence-electron chi connectivity index (χ3n) is 1.40. The molecule has 0 aliphatic rings. The van der Waals surface area contributed by atoms with Crippen molar-refractivity contribution in [1.82, 2.24) is 0 Å². The fourth-order valence-corrected chi connectivity index (χ4v) is 2.05. The largest absolute Gasteiger partial charge is 0.323 e. The summed E-state index contributed by atoms with van der Waals surface area (Å²) in [5, 5.41) is 2.51. The molecular weight excluding hydrogens is 185 g/mol. The smallest absolute Gasteiger partial charge is 0.0912 e. The van der Waals surface area contributed by atoms with Crippen LogP contribution in [-0.2, 0) is 0 Å². The molecule has 0 radical (unpaired) electrons. The third-order valence-corrected chi connectivity index (χ3v) is 2.89. The van der Waals surface area contributed by atoms with E-state index >= 15 is 0 Å². The Morgan fingerprint density at radius 1 is 1.73 bits per heavy atom. The second kappa shape index (κ2) is 4.04. The Kier molecular flexibility index (Phi) is 3.30. The predicted octanol–water partition coefficient (Wildman–Crippen LogP) is 2.76. The number of rotatable bonds is 3. The standard InChI is InChI=1S/C7H9ClFNS/c8-5-2-4-11-7(5)6(10)1-3-9/h2,4,6H,1,3,10H2/t6-/m1/s1. The molecule has 0 spiro atoms. The molecule has 0 aromatic carbocycles. The highest BCUT2D eigenvalue weighted by molar-refractivity contribution is 7.10. The molecule has 1 aromatic rings. The van der Waals surface area contributed by atoms with E-state index < -0.39 is 6.67 Å². The molecule has 1 atom stereocenters. The molecule has 0 saturated heterocycles. The molecule has 1 rings (SSSR count). The van der Waals surface area contributed by atoms with Gasteiger partial charge in [0.05, 0.1) is 11.7 Å². The van der Waals surface area contributed by atoms with Gasteiger partial charge in [-0.2, -0.15) is 0 Å². The maximum absolute atomic E-state index is 11.8. The van der Waals surface area contributed by atoms with Crippen LogP contribution in [0.3, 0.4) is 0 Å². The van der Waals surface area contributed by atoms with Gasteiger partial charge in [0.25, 0.3) is 0 Å². The Morgan fingerprint density at radius 2 is 2.45 bits per heavy atom. The topological polar surface area (TPSA) is 26.0 Å². The highest BCUT2D eigenvalue weighted by Crippen LogP contribution is 2.28. The molecule has 1 heterocycles. The van der Waals surface area contributed by atoms with E-state index in [1.54, 1.807) is 6.07 Å². The lowest BCUT2D eigenvalue weighted by molar-refractivity contribution is 0.444. The van der Waals surface area contributed by atoms with E-state index in [-0.39, 0.29) is 6.04 Å². The van der Waals surface area contributed by atoms with E-state index in [4.69, 9.17) is 17.3 Å². The zero-order valence-electron chi connectivity index (χ0n) is 5.89. The summed E-state index contributed by atoms with van der Waals surface area (Å²) in [6.07, 6.45) is 0.347. The molecule has 0 bridgehead atoms. The van der Waals surface area contributed by atoms with Gasteiger partial charge in [-0.05, 0) is 17.9 Å². The maximum Gasteiger partial charge on any atom is 0.0912 e. The van der Waals surface area contributed by atoms with Crippen molar-refractivity contribution in [3.8, 4) is 0 Å². The zero-order chi connectivity index (χ0) is 8.27. The van der Waals surface area contributed by atoms with Crippen molar-refractivity contribution >= 4 is 22.9 Å². The summed E-state index contributed by atoms with van der Waals surface area (Å²) in [4.78, 5) is 0.879. The first-order valence-electron chi connectivity index (χ1n) is 3.30. The third kappa shape index (κ3) is 2.15. The first kappa shape index (κ1) is 8.97. The van der Waals surface area contributed by atoms with Gasteiger partial charge in [-0.1, -0.05) is 11.6 Å². The molecule has 2 N–H and O–H groups in total. The fraction of sp³-hybridized carbons (Fsp3) is 0.429. The molecule has 0 amide bonds. The average molecular weight is 194 g/mol. The lowest BCUT2D eigenvalue weighted by Crippen LogP contribution is -2.09. The first-order chi connectivity index (χ1) is 5.25. The van der Waals surface area contributed by atoms with E-state index in [1.807, 2.05) is 5.38 Å². The summed E-state index contributed by atoms with van der Waals surface area (Å²) >= 11 is 7.25.